The molecule has 134 valence electrons. The predicted molar refractivity (Wildman–Crippen MR) is 98.4 cm³/mol. The molecule has 0 bridgehead atoms. The Morgan fingerprint density at radius 1 is 1.36 bits per heavy atom. The summed E-state index contributed by atoms with van der Waals surface area (Å²) >= 11 is 11.6. The van der Waals surface area contributed by atoms with Gasteiger partial charge in [-0.05, 0) is 31.5 Å². The second-order valence-electron chi connectivity index (χ2n) is 6.21. The first-order chi connectivity index (χ1) is 11.9. The van der Waals surface area contributed by atoms with Crippen molar-refractivity contribution in [2.24, 2.45) is 0 Å². The Kier molecular flexibility index (Phi) is 5.51. The number of hydrogen-bond donors (Lipinski definition) is 2. The summed E-state index contributed by atoms with van der Waals surface area (Å²) in [5, 5.41) is 3.39. The number of carbonyl (C=O) groups excluding carboxylic acids is 1. The normalized spacial score (nSPS) is 20.6. The van der Waals surface area contributed by atoms with Crippen molar-refractivity contribution < 1.29 is 9.53 Å². The van der Waals surface area contributed by atoms with Crippen LogP contribution in [-0.2, 0) is 11.3 Å². The molecule has 0 spiro atoms. The van der Waals surface area contributed by atoms with E-state index in [4.69, 9.17) is 27.9 Å². The lowest BCUT2D eigenvalue weighted by atomic mass is 10.2. The highest BCUT2D eigenvalue weighted by atomic mass is 35.5. The molecule has 1 aliphatic rings. The SMILES string of the molecule is CC1CN(c2ccc(CNC(=O)c3cc(Cl)c(Cl)[nH]3)cn2)CC(C)O1. The summed E-state index contributed by atoms with van der Waals surface area (Å²) in [7, 11) is 0. The molecule has 2 N–H and O–H groups in total. The third kappa shape index (κ3) is 4.45. The predicted octanol–water partition coefficient (Wildman–Crippen LogP) is 3.26. The zero-order chi connectivity index (χ0) is 18.0. The molecule has 2 aromatic rings. The third-order valence-corrected chi connectivity index (χ3v) is 4.67. The molecule has 0 aromatic carbocycles. The number of aromatic nitrogens is 2. The van der Waals surface area contributed by atoms with Crippen molar-refractivity contribution in [2.45, 2.75) is 32.6 Å². The molecular weight excluding hydrogens is 363 g/mol. The van der Waals surface area contributed by atoms with Crippen molar-refractivity contribution in [1.29, 1.82) is 0 Å². The lowest BCUT2D eigenvalue weighted by Gasteiger charge is -2.36. The summed E-state index contributed by atoms with van der Waals surface area (Å²) in [4.78, 5) is 21.5. The number of ether oxygens (including phenoxy) is 1. The molecule has 1 fully saturated rings. The zero-order valence-electron chi connectivity index (χ0n) is 14.1. The average molecular weight is 383 g/mol. The molecule has 1 aliphatic heterocycles. The molecule has 0 aliphatic carbocycles. The molecule has 25 heavy (non-hydrogen) atoms. The van der Waals surface area contributed by atoms with Gasteiger partial charge < -0.3 is 19.9 Å². The van der Waals surface area contributed by atoms with Crippen molar-refractivity contribution >= 4 is 34.9 Å². The summed E-state index contributed by atoms with van der Waals surface area (Å²) in [6.45, 7) is 6.14. The number of carbonyl (C=O) groups is 1. The molecule has 3 heterocycles. The summed E-state index contributed by atoms with van der Waals surface area (Å²) in [6, 6.07) is 5.43. The fourth-order valence-corrected chi connectivity index (χ4v) is 3.19. The largest absolute Gasteiger partial charge is 0.372 e. The first-order valence-electron chi connectivity index (χ1n) is 8.10. The number of nitrogens with zero attached hydrogens (tertiary/aromatic N) is 2. The Balaban J connectivity index is 1.58. The van der Waals surface area contributed by atoms with E-state index in [2.05, 4.69) is 34.0 Å². The number of amides is 1. The van der Waals surface area contributed by atoms with E-state index in [0.717, 1.165) is 24.5 Å². The van der Waals surface area contributed by atoms with Gasteiger partial charge in [0.15, 0.2) is 0 Å². The number of halogens is 2. The van der Waals surface area contributed by atoms with Gasteiger partial charge in [0.05, 0.1) is 17.2 Å². The standard InChI is InChI=1S/C17H20Cl2N4O2/c1-10-8-23(9-11(2)25-10)15-4-3-12(6-20-15)7-21-17(24)14-5-13(18)16(19)22-14/h3-6,10-11,22H,7-9H2,1-2H3,(H,21,24). The molecule has 3 rings (SSSR count). The molecule has 2 unspecified atom stereocenters. The van der Waals surface area contributed by atoms with Gasteiger partial charge in [-0.3, -0.25) is 4.79 Å². The van der Waals surface area contributed by atoms with Crippen LogP contribution in [0.15, 0.2) is 24.4 Å². The van der Waals surface area contributed by atoms with Gasteiger partial charge in [0.2, 0.25) is 0 Å². The summed E-state index contributed by atoms with van der Waals surface area (Å²) in [5.74, 6) is 0.647. The van der Waals surface area contributed by atoms with Gasteiger partial charge in [0.1, 0.15) is 16.7 Å². The van der Waals surface area contributed by atoms with E-state index in [0.29, 0.717) is 17.3 Å². The van der Waals surface area contributed by atoms with E-state index in [-0.39, 0.29) is 23.3 Å². The van der Waals surface area contributed by atoms with Crippen LogP contribution >= 0.6 is 23.2 Å². The van der Waals surface area contributed by atoms with Crippen molar-refractivity contribution in [3.05, 3.63) is 45.8 Å². The van der Waals surface area contributed by atoms with Crippen LogP contribution in [0.2, 0.25) is 10.2 Å². The fraction of sp³-hybridized carbons (Fsp3) is 0.412. The second-order valence-corrected chi connectivity index (χ2v) is 7.00. The minimum Gasteiger partial charge on any atom is -0.372 e. The zero-order valence-corrected chi connectivity index (χ0v) is 15.6. The van der Waals surface area contributed by atoms with E-state index in [1.54, 1.807) is 6.20 Å². The highest BCUT2D eigenvalue weighted by molar-refractivity contribution is 6.41. The summed E-state index contributed by atoms with van der Waals surface area (Å²) in [5.41, 5.74) is 1.24. The van der Waals surface area contributed by atoms with Gasteiger partial charge in [-0.15, -0.1) is 0 Å². The van der Waals surface area contributed by atoms with Gasteiger partial charge in [0, 0.05) is 25.8 Å². The van der Waals surface area contributed by atoms with Crippen molar-refractivity contribution in [3.8, 4) is 0 Å². The minimum absolute atomic E-state index is 0.184. The van der Waals surface area contributed by atoms with Crippen molar-refractivity contribution in [2.75, 3.05) is 18.0 Å². The maximum absolute atomic E-state index is 12.1. The molecule has 6 nitrogen and oxygen atoms in total. The lowest BCUT2D eigenvalue weighted by Crippen LogP contribution is -2.45. The van der Waals surface area contributed by atoms with E-state index < -0.39 is 0 Å². The van der Waals surface area contributed by atoms with E-state index >= 15 is 0 Å². The van der Waals surface area contributed by atoms with Crippen LogP contribution in [0.1, 0.15) is 29.9 Å². The van der Waals surface area contributed by atoms with E-state index in [1.165, 1.54) is 6.07 Å². The van der Waals surface area contributed by atoms with Crippen LogP contribution < -0.4 is 10.2 Å². The van der Waals surface area contributed by atoms with E-state index in [9.17, 15) is 4.79 Å². The second kappa shape index (κ2) is 7.64. The van der Waals surface area contributed by atoms with Crippen molar-refractivity contribution in [3.63, 3.8) is 0 Å². The Hall–Kier alpha value is -1.76. The highest BCUT2D eigenvalue weighted by Crippen LogP contribution is 2.22. The Morgan fingerprint density at radius 3 is 2.64 bits per heavy atom. The number of morpholine rings is 1. The number of hydrogen-bond acceptors (Lipinski definition) is 4. The molecule has 2 atom stereocenters. The Morgan fingerprint density at radius 2 is 2.08 bits per heavy atom. The first-order valence-corrected chi connectivity index (χ1v) is 8.85. The Labute approximate surface area is 156 Å². The first kappa shape index (κ1) is 18.0. The summed E-state index contributed by atoms with van der Waals surface area (Å²) in [6.07, 6.45) is 2.14. The number of H-pyrrole nitrogens is 1. The van der Waals surface area contributed by atoms with Crippen LogP contribution in [0.4, 0.5) is 5.82 Å². The molecular formula is C17H20Cl2N4O2. The van der Waals surface area contributed by atoms with E-state index in [1.807, 2.05) is 12.1 Å². The molecule has 1 amide bonds. The molecule has 0 saturated carbocycles. The molecule has 0 radical (unpaired) electrons. The van der Waals surface area contributed by atoms with Gasteiger partial charge in [-0.1, -0.05) is 29.3 Å². The van der Waals surface area contributed by atoms with Crippen molar-refractivity contribution in [1.82, 2.24) is 15.3 Å². The Bertz CT molecular complexity index is 718. The third-order valence-electron chi connectivity index (χ3n) is 3.98. The number of nitrogens with one attached hydrogen (secondary N) is 2. The van der Waals surface area contributed by atoms with Crippen LogP contribution in [0, 0.1) is 0 Å². The van der Waals surface area contributed by atoms with Gasteiger partial charge in [-0.2, -0.15) is 0 Å². The van der Waals surface area contributed by atoms with Crippen LogP contribution in [0.25, 0.3) is 0 Å². The fourth-order valence-electron chi connectivity index (χ4n) is 2.88. The topological polar surface area (TPSA) is 70.2 Å². The number of anilines is 1. The monoisotopic (exact) mass is 382 g/mol. The van der Waals surface area contributed by atoms with Gasteiger partial charge >= 0.3 is 0 Å². The molecule has 2 aromatic heterocycles. The number of pyridine rings is 1. The molecule has 8 heteroatoms. The van der Waals surface area contributed by atoms with Gasteiger partial charge in [0.25, 0.3) is 5.91 Å². The lowest BCUT2D eigenvalue weighted by molar-refractivity contribution is -0.00546. The number of rotatable bonds is 4. The highest BCUT2D eigenvalue weighted by Gasteiger charge is 2.23. The summed E-state index contributed by atoms with van der Waals surface area (Å²) < 4.78 is 5.74. The van der Waals surface area contributed by atoms with Crippen LogP contribution in [0.3, 0.4) is 0 Å². The maximum atomic E-state index is 12.1. The minimum atomic E-state index is -0.270. The smallest absolute Gasteiger partial charge is 0.268 e. The molecule has 1 saturated heterocycles. The quantitative estimate of drug-likeness (QED) is 0.851. The maximum Gasteiger partial charge on any atom is 0.268 e. The van der Waals surface area contributed by atoms with Crippen LogP contribution in [-0.4, -0.2) is 41.2 Å². The van der Waals surface area contributed by atoms with Crippen LogP contribution in [0.5, 0.6) is 0 Å². The number of aromatic amines is 1. The van der Waals surface area contributed by atoms with Gasteiger partial charge in [-0.25, -0.2) is 4.98 Å². The average Bonchev–Trinajstić information content (AvgIpc) is 2.91.